The van der Waals surface area contributed by atoms with E-state index in [0.29, 0.717) is 0 Å². The fourth-order valence-corrected chi connectivity index (χ4v) is 1.86. The van der Waals surface area contributed by atoms with Crippen molar-refractivity contribution in [1.82, 2.24) is 0 Å². The van der Waals surface area contributed by atoms with Crippen molar-refractivity contribution in [2.24, 2.45) is 0 Å². The van der Waals surface area contributed by atoms with Crippen molar-refractivity contribution in [2.45, 2.75) is 64.5 Å². The van der Waals surface area contributed by atoms with Gasteiger partial charge < -0.3 is 0 Å². The lowest BCUT2D eigenvalue weighted by atomic mass is 10.1. The summed E-state index contributed by atoms with van der Waals surface area (Å²) in [6, 6.07) is 0.862. The average Bonchev–Trinajstić information content (AvgIpc) is 2.01. The van der Waals surface area contributed by atoms with E-state index in [2.05, 4.69) is 6.92 Å². The van der Waals surface area contributed by atoms with Crippen molar-refractivity contribution in [3.05, 3.63) is 0 Å². The third-order valence-corrected chi connectivity index (χ3v) is 2.88. The number of hydrogen-bond donors (Lipinski definition) is 0. The second-order valence-electron chi connectivity index (χ2n) is 3.22. The molecule has 0 aromatic carbocycles. The SMILES string of the molecule is [3H][Si]([3H])(C)CCCCCCCCC. The van der Waals surface area contributed by atoms with Crippen LogP contribution in [0.1, 0.15) is 51.9 Å². The molecule has 68 valence electrons. The first kappa shape index (κ1) is 7.84. The second-order valence-corrected chi connectivity index (χ2v) is 4.43. The quantitative estimate of drug-likeness (QED) is 0.393. The summed E-state index contributed by atoms with van der Waals surface area (Å²) in [4.78, 5) is 0. The summed E-state index contributed by atoms with van der Waals surface area (Å²) in [5, 5.41) is 0. The molecule has 0 unspecified atom stereocenters. The molecule has 0 spiro atoms. The van der Waals surface area contributed by atoms with Crippen LogP contribution in [-0.4, -0.2) is 11.9 Å². The maximum Gasteiger partial charge on any atom is 0.0166 e. The van der Waals surface area contributed by atoms with E-state index in [1.807, 2.05) is 6.55 Å². The van der Waals surface area contributed by atoms with Gasteiger partial charge in [-0.2, -0.15) is 0 Å². The molecule has 0 amide bonds. The van der Waals surface area contributed by atoms with Gasteiger partial charge in [-0.1, -0.05) is 64.5 Å². The van der Waals surface area contributed by atoms with Gasteiger partial charge in [0.15, 0.2) is 0 Å². The van der Waals surface area contributed by atoms with Crippen LogP contribution in [0.5, 0.6) is 0 Å². The summed E-state index contributed by atoms with van der Waals surface area (Å²) in [7, 11) is -2.23. The first-order chi connectivity index (χ1) is 6.06. The van der Waals surface area contributed by atoms with Crippen molar-refractivity contribution in [3.63, 3.8) is 0 Å². The first-order valence-corrected chi connectivity index (χ1v) is 6.77. The van der Waals surface area contributed by atoms with Crippen LogP contribution in [0.2, 0.25) is 12.6 Å². The van der Waals surface area contributed by atoms with E-state index in [1.54, 1.807) is 0 Å². The zero-order valence-corrected chi connectivity index (χ0v) is 9.16. The van der Waals surface area contributed by atoms with Crippen LogP contribution in [0.3, 0.4) is 0 Å². The molecular weight excluding hydrogens is 148 g/mol. The van der Waals surface area contributed by atoms with Gasteiger partial charge in [-0.05, 0) is 0 Å². The van der Waals surface area contributed by atoms with Crippen molar-refractivity contribution < 1.29 is 0 Å². The Morgan fingerprint density at radius 2 is 1.55 bits per heavy atom. The summed E-state index contributed by atoms with van der Waals surface area (Å²) in [6.45, 7) is 4.04. The fraction of sp³-hybridized carbons (Fsp3) is 1.00. The van der Waals surface area contributed by atoms with Gasteiger partial charge in [0.25, 0.3) is 0 Å². The van der Waals surface area contributed by atoms with Gasteiger partial charge >= 0.3 is 0 Å². The number of hydrogen-bond acceptors (Lipinski definition) is 0. The van der Waals surface area contributed by atoms with E-state index < -0.39 is 9.38 Å². The lowest BCUT2D eigenvalue weighted by Crippen LogP contribution is -1.82. The molecule has 1 heteroatoms. The summed E-state index contributed by atoms with van der Waals surface area (Å²) < 4.78 is 15.0. The van der Waals surface area contributed by atoms with Crippen LogP contribution >= 0.6 is 0 Å². The predicted octanol–water partition coefficient (Wildman–Crippen LogP) is 3.37. The highest BCUT2D eigenvalue weighted by atomic mass is 28.2. The van der Waals surface area contributed by atoms with Gasteiger partial charge in [-0.25, -0.2) is 0 Å². The van der Waals surface area contributed by atoms with Gasteiger partial charge in [0.05, 0.1) is 0 Å². The normalized spacial score (nSPS) is 14.4. The van der Waals surface area contributed by atoms with E-state index in [4.69, 9.17) is 2.47 Å². The lowest BCUT2D eigenvalue weighted by molar-refractivity contribution is 0.601. The zero-order chi connectivity index (χ0) is 10.2. The van der Waals surface area contributed by atoms with Crippen LogP contribution in [0.25, 0.3) is 0 Å². The Labute approximate surface area is 77.0 Å². The molecule has 0 aliphatic heterocycles. The largest absolute Gasteiger partial charge is 0.0748 e. The lowest BCUT2D eigenvalue weighted by Gasteiger charge is -1.98. The zero-order valence-electron chi connectivity index (χ0n) is 10.2. The van der Waals surface area contributed by atoms with Gasteiger partial charge in [-0.3, -0.25) is 0 Å². The Morgan fingerprint density at radius 1 is 1.00 bits per heavy atom. The minimum Gasteiger partial charge on any atom is -0.0748 e. The first-order valence-electron chi connectivity index (χ1n) is 6.06. The summed E-state index contributed by atoms with van der Waals surface area (Å²) in [5.74, 6) is 0. The molecule has 0 bridgehead atoms. The van der Waals surface area contributed by atoms with Crippen molar-refractivity contribution in [3.8, 4) is 0 Å². The van der Waals surface area contributed by atoms with E-state index in [9.17, 15) is 0 Å². The molecule has 0 nitrogen and oxygen atoms in total. The number of rotatable bonds is 8. The molecule has 0 radical (unpaired) electrons. The Balaban J connectivity index is 3.00. The molecule has 0 aromatic heterocycles. The Kier molecular flexibility index (Phi) is 7.29. The monoisotopic (exact) mass is 176 g/mol. The van der Waals surface area contributed by atoms with Crippen molar-refractivity contribution in [2.75, 3.05) is 0 Å². The molecule has 0 fully saturated rings. The van der Waals surface area contributed by atoms with Crippen LogP contribution in [-0.2, 0) is 0 Å². The highest BCUT2D eigenvalue weighted by Gasteiger charge is 1.89. The minimum atomic E-state index is -2.23. The fourth-order valence-electron chi connectivity index (χ4n) is 1.26. The van der Waals surface area contributed by atoms with E-state index >= 15 is 0 Å². The Hall–Kier alpha value is 0.217. The summed E-state index contributed by atoms with van der Waals surface area (Å²) in [5.41, 5.74) is 0. The van der Waals surface area contributed by atoms with Gasteiger partial charge in [0.2, 0.25) is 0 Å². The maximum absolute atomic E-state index is 7.48. The molecule has 11 heavy (non-hydrogen) atoms. The van der Waals surface area contributed by atoms with Crippen LogP contribution in [0, 0.1) is 0 Å². The molecule has 0 aromatic rings. The highest BCUT2D eigenvalue weighted by Crippen LogP contribution is 2.07. The average molecular weight is 176 g/mol. The topological polar surface area (TPSA) is 0 Å². The molecule has 0 rings (SSSR count). The molecular formula is C10H24Si. The number of unbranched alkanes of at least 4 members (excludes halogenated alkanes) is 6. The van der Waals surface area contributed by atoms with Crippen molar-refractivity contribution >= 4 is 9.38 Å². The third-order valence-electron chi connectivity index (χ3n) is 2.03. The molecule has 0 heterocycles. The van der Waals surface area contributed by atoms with Crippen LogP contribution in [0.15, 0.2) is 0 Å². The molecule has 0 aliphatic carbocycles. The van der Waals surface area contributed by atoms with Gasteiger partial charge in [0.1, 0.15) is 0 Å². The van der Waals surface area contributed by atoms with Gasteiger partial charge in [0, 0.05) is 11.9 Å². The maximum atomic E-state index is 7.48. The van der Waals surface area contributed by atoms with Crippen LogP contribution < -0.4 is 0 Å². The standard InChI is InChI=1S/C10H24Si/c1-3-4-5-6-7-8-9-10-11-2/h3-11H2,1-2H3/i11T2. The Bertz CT molecular complexity index is 110. The van der Waals surface area contributed by atoms with Crippen molar-refractivity contribution in [1.29, 1.82) is 2.47 Å². The minimum absolute atomic E-state index is 0.862. The molecule has 0 N–H and O–H groups in total. The molecule has 0 aliphatic rings. The van der Waals surface area contributed by atoms with E-state index in [-0.39, 0.29) is 0 Å². The molecule has 0 saturated carbocycles. The molecule has 0 saturated heterocycles. The summed E-state index contributed by atoms with van der Waals surface area (Å²) >= 11 is 0. The van der Waals surface area contributed by atoms with E-state index in [0.717, 1.165) is 12.5 Å². The van der Waals surface area contributed by atoms with Gasteiger partial charge in [-0.15, -0.1) is 0 Å². The predicted molar refractivity (Wildman–Crippen MR) is 57.2 cm³/mol. The second kappa shape index (κ2) is 10.2. The highest BCUT2D eigenvalue weighted by molar-refractivity contribution is 6.33. The van der Waals surface area contributed by atoms with Crippen LogP contribution in [0.4, 0.5) is 0 Å². The third kappa shape index (κ3) is 10.2. The Morgan fingerprint density at radius 3 is 2.09 bits per heavy atom. The van der Waals surface area contributed by atoms with E-state index in [1.165, 1.54) is 38.5 Å². The smallest absolute Gasteiger partial charge is 0.0166 e. The molecule has 0 atom stereocenters. The summed E-state index contributed by atoms with van der Waals surface area (Å²) in [6.07, 6.45) is 9.05.